The van der Waals surface area contributed by atoms with Crippen molar-refractivity contribution >= 4 is 5.97 Å². The number of hydrogen-bond acceptors (Lipinski definition) is 4. The van der Waals surface area contributed by atoms with Gasteiger partial charge in [-0.15, -0.1) is 0 Å². The molecule has 0 bridgehead atoms. The Morgan fingerprint density at radius 1 is 1.53 bits per heavy atom. The summed E-state index contributed by atoms with van der Waals surface area (Å²) in [6.07, 6.45) is 1.34. The van der Waals surface area contributed by atoms with Crippen molar-refractivity contribution in [2.24, 2.45) is 11.8 Å². The summed E-state index contributed by atoms with van der Waals surface area (Å²) in [6, 6.07) is 0. The van der Waals surface area contributed by atoms with Gasteiger partial charge in [-0.3, -0.25) is 0 Å². The van der Waals surface area contributed by atoms with Gasteiger partial charge in [0.1, 0.15) is 6.61 Å². The Morgan fingerprint density at radius 3 is 2.87 bits per heavy atom. The second kappa shape index (κ2) is 6.80. The van der Waals surface area contributed by atoms with Gasteiger partial charge in [0.25, 0.3) is 0 Å². The molecule has 15 heavy (non-hydrogen) atoms. The predicted octanol–water partition coefficient (Wildman–Crippen LogP) is 0.812. The van der Waals surface area contributed by atoms with Gasteiger partial charge in [0.2, 0.25) is 0 Å². The lowest BCUT2D eigenvalue weighted by Crippen LogP contribution is -2.24. The first-order valence-corrected chi connectivity index (χ1v) is 5.68. The Morgan fingerprint density at radius 2 is 2.27 bits per heavy atom. The third-order valence-corrected chi connectivity index (χ3v) is 2.63. The Labute approximate surface area is 91.3 Å². The highest BCUT2D eigenvalue weighted by molar-refractivity contribution is 5.70. The number of hydrogen-bond donors (Lipinski definition) is 1. The van der Waals surface area contributed by atoms with Crippen LogP contribution >= 0.6 is 0 Å². The van der Waals surface area contributed by atoms with Crippen LogP contribution in [0, 0.1) is 11.8 Å². The first-order chi connectivity index (χ1) is 7.24. The van der Waals surface area contributed by atoms with Gasteiger partial charge in [0.15, 0.2) is 0 Å². The molecule has 4 nitrogen and oxygen atoms in total. The topological polar surface area (TPSA) is 47.6 Å². The fourth-order valence-corrected chi connectivity index (χ4v) is 1.47. The lowest BCUT2D eigenvalue weighted by atomic mass is 10.3. The maximum absolute atomic E-state index is 10.9. The molecule has 0 aromatic heterocycles. The molecule has 0 spiro atoms. The minimum Gasteiger partial charge on any atom is -0.464 e. The molecule has 0 aromatic carbocycles. The maximum Gasteiger partial charge on any atom is 0.332 e. The predicted molar refractivity (Wildman–Crippen MR) is 57.6 cm³/mol. The van der Waals surface area contributed by atoms with Crippen molar-refractivity contribution in [1.29, 1.82) is 0 Å². The smallest absolute Gasteiger partial charge is 0.332 e. The van der Waals surface area contributed by atoms with E-state index in [1.165, 1.54) is 6.42 Å². The molecule has 1 rings (SSSR count). The molecular weight excluding hydrogens is 194 g/mol. The van der Waals surface area contributed by atoms with Gasteiger partial charge in [-0.2, -0.15) is 0 Å². The third-order valence-electron chi connectivity index (χ3n) is 2.63. The zero-order chi connectivity index (χ0) is 11.1. The fourth-order valence-electron chi connectivity index (χ4n) is 1.47. The SMILES string of the molecule is CCOC(=O)COCCNCC1CC1C. The van der Waals surface area contributed by atoms with Crippen LogP contribution in [0.3, 0.4) is 0 Å². The molecule has 0 heterocycles. The highest BCUT2D eigenvalue weighted by Gasteiger charge is 2.31. The average molecular weight is 215 g/mol. The van der Waals surface area contributed by atoms with Crippen LogP contribution in [0.4, 0.5) is 0 Å². The van der Waals surface area contributed by atoms with Crippen molar-refractivity contribution in [3.05, 3.63) is 0 Å². The molecule has 0 saturated heterocycles. The van der Waals surface area contributed by atoms with Crippen molar-refractivity contribution in [2.45, 2.75) is 20.3 Å². The van der Waals surface area contributed by atoms with E-state index in [4.69, 9.17) is 9.47 Å². The van der Waals surface area contributed by atoms with Crippen molar-refractivity contribution in [3.63, 3.8) is 0 Å². The zero-order valence-corrected chi connectivity index (χ0v) is 9.62. The second-order valence-corrected chi connectivity index (χ2v) is 4.03. The van der Waals surface area contributed by atoms with Crippen LogP contribution in [0.2, 0.25) is 0 Å². The molecule has 4 heteroatoms. The molecule has 0 aliphatic heterocycles. The lowest BCUT2D eigenvalue weighted by molar-refractivity contribution is -0.148. The zero-order valence-electron chi connectivity index (χ0n) is 9.62. The maximum atomic E-state index is 10.9. The summed E-state index contributed by atoms with van der Waals surface area (Å²) in [5, 5.41) is 3.31. The Balaban J connectivity index is 1.78. The summed E-state index contributed by atoms with van der Waals surface area (Å²) >= 11 is 0. The highest BCUT2D eigenvalue weighted by Crippen LogP contribution is 2.36. The third kappa shape index (κ3) is 5.74. The monoisotopic (exact) mass is 215 g/mol. The molecule has 88 valence electrons. The Bertz CT molecular complexity index is 196. The van der Waals surface area contributed by atoms with E-state index in [0.29, 0.717) is 13.2 Å². The van der Waals surface area contributed by atoms with Crippen LogP contribution < -0.4 is 5.32 Å². The first kappa shape index (κ1) is 12.5. The molecule has 1 saturated carbocycles. The standard InChI is InChI=1S/C11H21NO3/c1-3-15-11(13)8-14-5-4-12-7-10-6-9(10)2/h9-10,12H,3-8H2,1-2H3. The van der Waals surface area contributed by atoms with Crippen LogP contribution in [0.1, 0.15) is 20.3 Å². The van der Waals surface area contributed by atoms with Gasteiger partial charge >= 0.3 is 5.97 Å². The quantitative estimate of drug-likeness (QED) is 0.481. The van der Waals surface area contributed by atoms with E-state index >= 15 is 0 Å². The summed E-state index contributed by atoms with van der Waals surface area (Å²) in [5.74, 6) is 1.46. The van der Waals surface area contributed by atoms with Crippen molar-refractivity contribution < 1.29 is 14.3 Å². The molecule has 2 unspecified atom stereocenters. The number of nitrogens with one attached hydrogen (secondary N) is 1. The number of carbonyl (C=O) groups excluding carboxylic acids is 1. The minimum absolute atomic E-state index is 0.0648. The molecule has 1 aliphatic carbocycles. The minimum atomic E-state index is -0.284. The van der Waals surface area contributed by atoms with Crippen LogP contribution in [-0.4, -0.2) is 38.9 Å². The summed E-state index contributed by atoms with van der Waals surface area (Å²) in [7, 11) is 0. The molecule has 1 aliphatic rings. The molecule has 1 fully saturated rings. The van der Waals surface area contributed by atoms with E-state index in [1.807, 2.05) is 0 Å². The van der Waals surface area contributed by atoms with Crippen molar-refractivity contribution in [3.8, 4) is 0 Å². The van der Waals surface area contributed by atoms with E-state index < -0.39 is 0 Å². The van der Waals surface area contributed by atoms with Crippen LogP contribution in [0.5, 0.6) is 0 Å². The second-order valence-electron chi connectivity index (χ2n) is 4.03. The molecule has 0 aromatic rings. The van der Waals surface area contributed by atoms with E-state index in [0.717, 1.165) is 24.9 Å². The van der Waals surface area contributed by atoms with Gasteiger partial charge in [-0.1, -0.05) is 6.92 Å². The summed E-state index contributed by atoms with van der Waals surface area (Å²) in [4.78, 5) is 10.9. The van der Waals surface area contributed by atoms with Crippen molar-refractivity contribution in [2.75, 3.05) is 32.9 Å². The van der Waals surface area contributed by atoms with Crippen LogP contribution in [0.15, 0.2) is 0 Å². The molecule has 0 radical (unpaired) electrons. The summed E-state index contributed by atoms with van der Waals surface area (Å²) in [5.41, 5.74) is 0. The van der Waals surface area contributed by atoms with E-state index in [9.17, 15) is 4.79 Å². The largest absolute Gasteiger partial charge is 0.464 e. The van der Waals surface area contributed by atoms with E-state index in [-0.39, 0.29) is 12.6 Å². The summed E-state index contributed by atoms with van der Waals surface area (Å²) < 4.78 is 9.87. The normalized spacial score (nSPS) is 23.9. The van der Waals surface area contributed by atoms with Crippen molar-refractivity contribution in [1.82, 2.24) is 5.32 Å². The van der Waals surface area contributed by atoms with E-state index in [1.54, 1.807) is 6.92 Å². The Hall–Kier alpha value is -0.610. The first-order valence-electron chi connectivity index (χ1n) is 5.68. The van der Waals surface area contributed by atoms with Gasteiger partial charge in [0, 0.05) is 6.54 Å². The highest BCUT2D eigenvalue weighted by atomic mass is 16.6. The van der Waals surface area contributed by atoms with E-state index in [2.05, 4.69) is 12.2 Å². The van der Waals surface area contributed by atoms with Gasteiger partial charge in [-0.05, 0) is 31.7 Å². The fraction of sp³-hybridized carbons (Fsp3) is 0.909. The van der Waals surface area contributed by atoms with Gasteiger partial charge < -0.3 is 14.8 Å². The molecule has 2 atom stereocenters. The number of ether oxygens (including phenoxy) is 2. The number of rotatable bonds is 8. The van der Waals surface area contributed by atoms with Gasteiger partial charge in [-0.25, -0.2) is 4.79 Å². The van der Waals surface area contributed by atoms with Crippen LogP contribution in [0.25, 0.3) is 0 Å². The van der Waals surface area contributed by atoms with Gasteiger partial charge in [0.05, 0.1) is 13.2 Å². The summed E-state index contributed by atoms with van der Waals surface area (Å²) in [6.45, 7) is 6.99. The van der Waals surface area contributed by atoms with Crippen LogP contribution in [-0.2, 0) is 14.3 Å². The lowest BCUT2D eigenvalue weighted by Gasteiger charge is -2.05. The number of esters is 1. The Kier molecular flexibility index (Phi) is 5.65. The number of carbonyl (C=O) groups is 1. The molecular formula is C11H21NO3. The average Bonchev–Trinajstić information content (AvgIpc) is 2.88. The molecule has 1 N–H and O–H groups in total. The molecule has 0 amide bonds.